The van der Waals surface area contributed by atoms with Crippen molar-refractivity contribution in [3.63, 3.8) is 0 Å². The number of carbonyl (C=O) groups is 1. The monoisotopic (exact) mass is 368 g/mol. The number of ether oxygens (including phenoxy) is 2. The van der Waals surface area contributed by atoms with E-state index >= 15 is 0 Å². The van der Waals surface area contributed by atoms with Gasteiger partial charge in [-0.2, -0.15) is 0 Å². The van der Waals surface area contributed by atoms with Crippen LogP contribution >= 0.6 is 23.2 Å². The SMILES string of the molecule is COc1ccc(NCCC(=O)Nc2ccc(Cl)cc2Cl)c(OC)c1. The highest BCUT2D eigenvalue weighted by atomic mass is 35.5. The molecule has 5 nitrogen and oxygen atoms in total. The van der Waals surface area contributed by atoms with E-state index in [2.05, 4.69) is 10.6 Å². The van der Waals surface area contributed by atoms with Crippen molar-refractivity contribution in [3.05, 3.63) is 46.4 Å². The van der Waals surface area contributed by atoms with Crippen molar-refractivity contribution in [2.45, 2.75) is 6.42 Å². The molecule has 1 amide bonds. The van der Waals surface area contributed by atoms with Gasteiger partial charge in [-0.25, -0.2) is 0 Å². The van der Waals surface area contributed by atoms with Crippen molar-refractivity contribution in [3.8, 4) is 11.5 Å². The molecular weight excluding hydrogens is 351 g/mol. The molecule has 2 rings (SSSR count). The molecule has 7 heteroatoms. The lowest BCUT2D eigenvalue weighted by Gasteiger charge is -2.12. The van der Waals surface area contributed by atoms with Gasteiger partial charge < -0.3 is 20.1 Å². The van der Waals surface area contributed by atoms with Crippen LogP contribution in [-0.2, 0) is 4.79 Å². The van der Waals surface area contributed by atoms with Crippen LogP contribution in [0.25, 0.3) is 0 Å². The number of halogens is 2. The number of hydrogen-bond acceptors (Lipinski definition) is 4. The number of benzene rings is 2. The van der Waals surface area contributed by atoms with Crippen molar-refractivity contribution in [2.24, 2.45) is 0 Å². The van der Waals surface area contributed by atoms with Crippen LogP contribution in [0.1, 0.15) is 6.42 Å². The van der Waals surface area contributed by atoms with E-state index in [4.69, 9.17) is 32.7 Å². The molecule has 2 aromatic carbocycles. The Balaban J connectivity index is 1.88. The maximum absolute atomic E-state index is 12.0. The van der Waals surface area contributed by atoms with Crippen molar-refractivity contribution < 1.29 is 14.3 Å². The fourth-order valence-corrected chi connectivity index (χ4v) is 2.51. The Morgan fingerprint density at radius 3 is 2.46 bits per heavy atom. The van der Waals surface area contributed by atoms with E-state index < -0.39 is 0 Å². The second-order valence-electron chi connectivity index (χ2n) is 4.92. The molecular formula is C17H18Cl2N2O3. The molecule has 0 heterocycles. The minimum Gasteiger partial charge on any atom is -0.497 e. The lowest BCUT2D eigenvalue weighted by molar-refractivity contribution is -0.115. The Morgan fingerprint density at radius 1 is 1.04 bits per heavy atom. The number of hydrogen-bond donors (Lipinski definition) is 2. The lowest BCUT2D eigenvalue weighted by atomic mass is 10.2. The Bertz CT molecular complexity index is 723. The smallest absolute Gasteiger partial charge is 0.226 e. The molecule has 24 heavy (non-hydrogen) atoms. The van der Waals surface area contributed by atoms with Gasteiger partial charge in [0.25, 0.3) is 0 Å². The normalized spacial score (nSPS) is 10.2. The first kappa shape index (κ1) is 18.2. The van der Waals surface area contributed by atoms with Gasteiger partial charge in [0.05, 0.1) is 30.6 Å². The summed E-state index contributed by atoms with van der Waals surface area (Å²) in [5.41, 5.74) is 1.32. The molecule has 0 aromatic heterocycles. The standard InChI is InChI=1S/C17H18Cl2N2O3/c1-23-12-4-6-15(16(10-12)24-2)20-8-7-17(22)21-14-5-3-11(18)9-13(14)19/h3-6,9-10,20H,7-8H2,1-2H3,(H,21,22). The summed E-state index contributed by atoms with van der Waals surface area (Å²) in [5, 5.41) is 6.83. The van der Waals surface area contributed by atoms with Crippen LogP contribution in [0.15, 0.2) is 36.4 Å². The molecule has 2 N–H and O–H groups in total. The van der Waals surface area contributed by atoms with E-state index in [0.717, 1.165) is 5.69 Å². The molecule has 2 aromatic rings. The highest BCUT2D eigenvalue weighted by molar-refractivity contribution is 6.36. The van der Waals surface area contributed by atoms with Gasteiger partial charge in [-0.3, -0.25) is 4.79 Å². The number of nitrogens with one attached hydrogen (secondary N) is 2. The average molecular weight is 369 g/mol. The van der Waals surface area contributed by atoms with E-state index in [1.807, 2.05) is 12.1 Å². The molecule has 0 atom stereocenters. The van der Waals surface area contributed by atoms with Gasteiger partial charge in [-0.05, 0) is 30.3 Å². The number of rotatable bonds is 7. The minimum absolute atomic E-state index is 0.154. The van der Waals surface area contributed by atoms with Crippen LogP contribution < -0.4 is 20.1 Å². The molecule has 0 aliphatic heterocycles. The second-order valence-corrected chi connectivity index (χ2v) is 5.76. The van der Waals surface area contributed by atoms with E-state index in [0.29, 0.717) is 33.8 Å². The molecule has 0 radical (unpaired) electrons. The largest absolute Gasteiger partial charge is 0.497 e. The summed E-state index contributed by atoms with van der Waals surface area (Å²) >= 11 is 11.9. The van der Waals surface area contributed by atoms with Crippen molar-refractivity contribution in [1.29, 1.82) is 0 Å². The van der Waals surface area contributed by atoms with E-state index in [-0.39, 0.29) is 12.3 Å². The number of carbonyl (C=O) groups excluding carboxylic acids is 1. The fourth-order valence-electron chi connectivity index (χ4n) is 2.06. The van der Waals surface area contributed by atoms with Gasteiger partial charge in [-0.15, -0.1) is 0 Å². The minimum atomic E-state index is -0.154. The van der Waals surface area contributed by atoms with Gasteiger partial charge in [0.2, 0.25) is 5.91 Å². The summed E-state index contributed by atoms with van der Waals surface area (Å²) < 4.78 is 10.4. The average Bonchev–Trinajstić information content (AvgIpc) is 2.57. The fraction of sp³-hybridized carbons (Fsp3) is 0.235. The third kappa shape index (κ3) is 4.94. The van der Waals surface area contributed by atoms with Gasteiger partial charge >= 0.3 is 0 Å². The van der Waals surface area contributed by atoms with Crippen LogP contribution in [0.3, 0.4) is 0 Å². The van der Waals surface area contributed by atoms with Crippen LogP contribution in [-0.4, -0.2) is 26.7 Å². The Hall–Kier alpha value is -2.11. The van der Waals surface area contributed by atoms with Crippen LogP contribution in [0, 0.1) is 0 Å². The van der Waals surface area contributed by atoms with Gasteiger partial charge in [0.15, 0.2) is 0 Å². The molecule has 0 unspecified atom stereocenters. The zero-order chi connectivity index (χ0) is 17.5. The zero-order valence-electron chi connectivity index (χ0n) is 13.4. The first-order valence-corrected chi connectivity index (χ1v) is 8.00. The van der Waals surface area contributed by atoms with E-state index in [9.17, 15) is 4.79 Å². The molecule has 0 spiro atoms. The molecule has 0 aliphatic carbocycles. The Kier molecular flexibility index (Phi) is 6.58. The van der Waals surface area contributed by atoms with Crippen molar-refractivity contribution in [1.82, 2.24) is 0 Å². The second kappa shape index (κ2) is 8.66. The topological polar surface area (TPSA) is 59.6 Å². The molecule has 0 saturated heterocycles. The summed E-state index contributed by atoms with van der Waals surface area (Å²) in [5.74, 6) is 1.20. The van der Waals surface area contributed by atoms with Gasteiger partial charge in [0, 0.05) is 24.1 Å². The van der Waals surface area contributed by atoms with E-state index in [1.165, 1.54) is 0 Å². The molecule has 0 fully saturated rings. The summed E-state index contributed by atoms with van der Waals surface area (Å²) in [6.07, 6.45) is 0.272. The summed E-state index contributed by atoms with van der Waals surface area (Å²) in [4.78, 5) is 12.0. The van der Waals surface area contributed by atoms with Gasteiger partial charge in [-0.1, -0.05) is 23.2 Å². The molecule has 0 saturated carbocycles. The Morgan fingerprint density at radius 2 is 1.79 bits per heavy atom. The maximum Gasteiger partial charge on any atom is 0.226 e. The lowest BCUT2D eigenvalue weighted by Crippen LogP contribution is -2.16. The molecule has 0 bridgehead atoms. The van der Waals surface area contributed by atoms with Crippen LogP contribution in [0.4, 0.5) is 11.4 Å². The van der Waals surface area contributed by atoms with Crippen molar-refractivity contribution >= 4 is 40.5 Å². The zero-order valence-corrected chi connectivity index (χ0v) is 14.9. The summed E-state index contributed by atoms with van der Waals surface area (Å²) in [7, 11) is 3.17. The van der Waals surface area contributed by atoms with Gasteiger partial charge in [0.1, 0.15) is 11.5 Å². The molecule has 128 valence electrons. The highest BCUT2D eigenvalue weighted by Gasteiger charge is 2.08. The summed E-state index contributed by atoms with van der Waals surface area (Å²) in [6, 6.07) is 10.4. The molecule has 0 aliphatic rings. The number of methoxy groups -OCH3 is 2. The van der Waals surface area contributed by atoms with Crippen LogP contribution in [0.5, 0.6) is 11.5 Å². The van der Waals surface area contributed by atoms with E-state index in [1.54, 1.807) is 38.5 Å². The predicted molar refractivity (Wildman–Crippen MR) is 97.7 cm³/mol. The summed E-state index contributed by atoms with van der Waals surface area (Å²) in [6.45, 7) is 0.444. The maximum atomic E-state index is 12.0. The first-order chi connectivity index (χ1) is 11.5. The third-order valence-electron chi connectivity index (χ3n) is 3.28. The predicted octanol–water partition coefficient (Wildman–Crippen LogP) is 4.45. The highest BCUT2D eigenvalue weighted by Crippen LogP contribution is 2.29. The quantitative estimate of drug-likeness (QED) is 0.757. The third-order valence-corrected chi connectivity index (χ3v) is 3.83. The number of anilines is 2. The number of amides is 1. The first-order valence-electron chi connectivity index (χ1n) is 7.24. The Labute approximate surface area is 150 Å². The van der Waals surface area contributed by atoms with Crippen LogP contribution in [0.2, 0.25) is 10.0 Å². The van der Waals surface area contributed by atoms with Crippen molar-refractivity contribution in [2.75, 3.05) is 31.4 Å².